The number of hydrogen-bond acceptors (Lipinski definition) is 3. The minimum absolute atomic E-state index is 0.0776. The maximum atomic E-state index is 13.0. The normalized spacial score (nSPS) is 22.4. The van der Waals surface area contributed by atoms with Gasteiger partial charge in [-0.25, -0.2) is 4.90 Å². The van der Waals surface area contributed by atoms with E-state index in [9.17, 15) is 9.59 Å². The van der Waals surface area contributed by atoms with Crippen molar-refractivity contribution < 1.29 is 9.59 Å². The van der Waals surface area contributed by atoms with Crippen molar-refractivity contribution in [2.45, 2.75) is 46.1 Å². The van der Waals surface area contributed by atoms with Crippen molar-refractivity contribution in [3.63, 3.8) is 0 Å². The van der Waals surface area contributed by atoms with Gasteiger partial charge < -0.3 is 0 Å². The second-order valence-corrected chi connectivity index (χ2v) is 8.20. The molecule has 2 aromatic rings. The lowest BCUT2D eigenvalue weighted by atomic mass is 9.81. The SMILES string of the molecule is Cc1nn(Cc2c(Cl)cccc2Cl)c(C)c1N1C(=O)[C@@H]2CCCC[C@H]2C1=O. The predicted molar refractivity (Wildman–Crippen MR) is 105 cm³/mol. The van der Waals surface area contributed by atoms with E-state index in [0.717, 1.165) is 36.9 Å². The van der Waals surface area contributed by atoms with E-state index in [0.29, 0.717) is 28.0 Å². The van der Waals surface area contributed by atoms with Crippen molar-refractivity contribution in [2.75, 3.05) is 4.90 Å². The molecule has 4 rings (SSSR count). The van der Waals surface area contributed by atoms with Crippen molar-refractivity contribution in [1.29, 1.82) is 0 Å². The Morgan fingerprint density at radius 1 is 1.04 bits per heavy atom. The summed E-state index contributed by atoms with van der Waals surface area (Å²) in [6.07, 6.45) is 3.62. The number of hydrogen-bond donors (Lipinski definition) is 0. The third-order valence-electron chi connectivity index (χ3n) is 5.78. The summed E-state index contributed by atoms with van der Waals surface area (Å²) >= 11 is 12.6. The van der Waals surface area contributed by atoms with Crippen LogP contribution < -0.4 is 4.90 Å². The Balaban J connectivity index is 1.71. The molecule has 0 spiro atoms. The predicted octanol–water partition coefficient (Wildman–Crippen LogP) is 4.53. The molecule has 1 aliphatic heterocycles. The molecule has 1 saturated carbocycles. The molecule has 0 unspecified atom stereocenters. The van der Waals surface area contributed by atoms with Crippen LogP contribution in [0.25, 0.3) is 0 Å². The molecule has 2 heterocycles. The molecule has 1 aromatic heterocycles. The molecule has 1 aromatic carbocycles. The molecule has 142 valence electrons. The first kappa shape index (κ1) is 18.5. The molecule has 0 bridgehead atoms. The van der Waals surface area contributed by atoms with Crippen LogP contribution in [0, 0.1) is 25.7 Å². The number of carbonyl (C=O) groups excluding carboxylic acids is 2. The van der Waals surface area contributed by atoms with Crippen LogP contribution in [0.2, 0.25) is 10.0 Å². The molecule has 2 atom stereocenters. The molecule has 2 amide bonds. The number of amides is 2. The smallest absolute Gasteiger partial charge is 0.237 e. The van der Waals surface area contributed by atoms with Crippen LogP contribution in [-0.4, -0.2) is 21.6 Å². The zero-order valence-corrected chi connectivity index (χ0v) is 16.8. The highest BCUT2D eigenvalue weighted by Gasteiger charge is 2.50. The van der Waals surface area contributed by atoms with Crippen LogP contribution in [0.1, 0.15) is 42.6 Å². The molecule has 0 N–H and O–H groups in total. The summed E-state index contributed by atoms with van der Waals surface area (Å²) in [5.74, 6) is -0.504. The van der Waals surface area contributed by atoms with E-state index in [-0.39, 0.29) is 23.7 Å². The van der Waals surface area contributed by atoms with E-state index in [1.165, 1.54) is 4.90 Å². The number of carbonyl (C=O) groups is 2. The average Bonchev–Trinajstić information content (AvgIpc) is 3.05. The first-order valence-corrected chi connectivity index (χ1v) is 10.0. The number of halogens is 2. The van der Waals surface area contributed by atoms with E-state index >= 15 is 0 Å². The Labute approximate surface area is 168 Å². The number of anilines is 1. The van der Waals surface area contributed by atoms with Crippen molar-refractivity contribution in [3.05, 3.63) is 45.2 Å². The molecule has 0 radical (unpaired) electrons. The molecule has 1 saturated heterocycles. The minimum Gasteiger partial charge on any atom is -0.274 e. The summed E-state index contributed by atoms with van der Waals surface area (Å²) < 4.78 is 1.76. The number of benzene rings is 1. The topological polar surface area (TPSA) is 55.2 Å². The Morgan fingerprint density at radius 3 is 2.15 bits per heavy atom. The van der Waals surface area contributed by atoms with Gasteiger partial charge in [-0.15, -0.1) is 0 Å². The Bertz CT molecular complexity index is 893. The maximum Gasteiger partial charge on any atom is 0.237 e. The number of aryl methyl sites for hydroxylation is 1. The Hall–Kier alpha value is -1.85. The monoisotopic (exact) mass is 405 g/mol. The molecule has 2 aliphatic rings. The minimum atomic E-state index is -0.175. The standard InChI is InChI=1S/C20H21Cl2N3O2/c1-11-18(25-19(26)13-6-3-4-7-14(13)20(25)27)12(2)24(23-11)10-15-16(21)8-5-9-17(15)22/h5,8-9,13-14H,3-4,6-7,10H2,1-2H3/t13-,14-/m1/s1. The van der Waals surface area contributed by atoms with Gasteiger partial charge in [-0.3, -0.25) is 14.3 Å². The van der Waals surface area contributed by atoms with E-state index < -0.39 is 0 Å². The lowest BCUT2D eigenvalue weighted by molar-refractivity contribution is -0.122. The fourth-order valence-electron chi connectivity index (χ4n) is 4.38. The van der Waals surface area contributed by atoms with Gasteiger partial charge in [0, 0.05) is 15.6 Å². The van der Waals surface area contributed by atoms with E-state index in [1.807, 2.05) is 13.8 Å². The first-order chi connectivity index (χ1) is 12.9. The lowest BCUT2D eigenvalue weighted by Crippen LogP contribution is -2.31. The van der Waals surface area contributed by atoms with Gasteiger partial charge in [-0.1, -0.05) is 42.1 Å². The zero-order chi connectivity index (χ0) is 19.3. The van der Waals surface area contributed by atoms with Crippen molar-refractivity contribution >= 4 is 40.7 Å². The van der Waals surface area contributed by atoms with Gasteiger partial charge in [0.05, 0.1) is 35.5 Å². The van der Waals surface area contributed by atoms with Crippen LogP contribution in [0.5, 0.6) is 0 Å². The summed E-state index contributed by atoms with van der Waals surface area (Å²) in [5.41, 5.74) is 2.81. The molecule has 7 heteroatoms. The van der Waals surface area contributed by atoms with E-state index in [1.54, 1.807) is 22.9 Å². The third kappa shape index (κ3) is 2.97. The average molecular weight is 406 g/mol. The van der Waals surface area contributed by atoms with Gasteiger partial charge in [0.1, 0.15) is 0 Å². The Morgan fingerprint density at radius 2 is 1.59 bits per heavy atom. The highest BCUT2D eigenvalue weighted by atomic mass is 35.5. The van der Waals surface area contributed by atoms with E-state index in [2.05, 4.69) is 5.10 Å². The second kappa shape index (κ2) is 6.95. The number of imide groups is 1. The van der Waals surface area contributed by atoms with Gasteiger partial charge in [0.15, 0.2) is 0 Å². The summed E-state index contributed by atoms with van der Waals surface area (Å²) in [6.45, 7) is 4.09. The van der Waals surface area contributed by atoms with Gasteiger partial charge in [0.25, 0.3) is 0 Å². The highest BCUT2D eigenvalue weighted by molar-refractivity contribution is 6.36. The molecular weight excluding hydrogens is 385 g/mol. The molecule has 5 nitrogen and oxygen atoms in total. The van der Waals surface area contributed by atoms with Gasteiger partial charge >= 0.3 is 0 Å². The van der Waals surface area contributed by atoms with Crippen molar-refractivity contribution in [2.24, 2.45) is 11.8 Å². The van der Waals surface area contributed by atoms with Crippen LogP contribution >= 0.6 is 23.2 Å². The third-order valence-corrected chi connectivity index (χ3v) is 6.49. The fourth-order valence-corrected chi connectivity index (χ4v) is 4.90. The number of fused-ring (bicyclic) bond motifs is 1. The van der Waals surface area contributed by atoms with E-state index in [4.69, 9.17) is 23.2 Å². The van der Waals surface area contributed by atoms with Crippen LogP contribution in [-0.2, 0) is 16.1 Å². The fraction of sp³-hybridized carbons (Fsp3) is 0.450. The zero-order valence-electron chi connectivity index (χ0n) is 15.3. The molecule has 2 fully saturated rings. The largest absolute Gasteiger partial charge is 0.274 e. The van der Waals surface area contributed by atoms with Gasteiger partial charge in [-0.05, 0) is 38.8 Å². The van der Waals surface area contributed by atoms with Crippen molar-refractivity contribution in [1.82, 2.24) is 9.78 Å². The number of nitrogens with zero attached hydrogens (tertiary/aromatic N) is 3. The van der Waals surface area contributed by atoms with Crippen LogP contribution in [0.15, 0.2) is 18.2 Å². The van der Waals surface area contributed by atoms with Crippen LogP contribution in [0.3, 0.4) is 0 Å². The summed E-state index contributed by atoms with van der Waals surface area (Å²) in [7, 11) is 0. The number of rotatable bonds is 3. The molecule has 27 heavy (non-hydrogen) atoms. The Kier molecular flexibility index (Phi) is 4.77. The summed E-state index contributed by atoms with van der Waals surface area (Å²) in [4.78, 5) is 27.3. The second-order valence-electron chi connectivity index (χ2n) is 7.39. The quantitative estimate of drug-likeness (QED) is 0.704. The maximum absolute atomic E-state index is 13.0. The molecular formula is C20H21Cl2N3O2. The van der Waals surface area contributed by atoms with Gasteiger partial charge in [0.2, 0.25) is 11.8 Å². The van der Waals surface area contributed by atoms with Crippen molar-refractivity contribution in [3.8, 4) is 0 Å². The lowest BCUT2D eigenvalue weighted by Gasteiger charge is -2.19. The number of aromatic nitrogens is 2. The van der Waals surface area contributed by atoms with Gasteiger partial charge in [-0.2, -0.15) is 5.10 Å². The highest BCUT2D eigenvalue weighted by Crippen LogP contribution is 2.42. The summed E-state index contributed by atoms with van der Waals surface area (Å²) in [5, 5.41) is 5.70. The van der Waals surface area contributed by atoms with Crippen LogP contribution in [0.4, 0.5) is 5.69 Å². The molecule has 1 aliphatic carbocycles. The first-order valence-electron chi connectivity index (χ1n) is 9.25. The summed E-state index contributed by atoms with van der Waals surface area (Å²) in [6, 6.07) is 5.37.